The summed E-state index contributed by atoms with van der Waals surface area (Å²) in [5.41, 5.74) is 0. The Labute approximate surface area is 137 Å². The average Bonchev–Trinajstić information content (AvgIpc) is 2.55. The van der Waals surface area contributed by atoms with Crippen molar-refractivity contribution >= 4 is 11.9 Å². The van der Waals surface area contributed by atoms with E-state index in [-0.39, 0.29) is 17.9 Å². The summed E-state index contributed by atoms with van der Waals surface area (Å²) in [5, 5.41) is 9.17. The minimum Gasteiger partial charge on any atom is -0.494 e. The van der Waals surface area contributed by atoms with Crippen LogP contribution in [0.2, 0.25) is 0 Å². The molecule has 0 aliphatic carbocycles. The van der Waals surface area contributed by atoms with E-state index in [9.17, 15) is 14.7 Å². The number of amides is 1. The molecule has 1 saturated heterocycles. The second-order valence-electron chi connectivity index (χ2n) is 6.30. The van der Waals surface area contributed by atoms with Crippen LogP contribution in [0.5, 0.6) is 5.75 Å². The van der Waals surface area contributed by atoms with Gasteiger partial charge in [0.25, 0.3) is 0 Å². The second-order valence-corrected chi connectivity index (χ2v) is 6.30. The van der Waals surface area contributed by atoms with E-state index in [1.165, 1.54) is 0 Å². The molecule has 3 atom stereocenters. The van der Waals surface area contributed by atoms with E-state index >= 15 is 0 Å². The van der Waals surface area contributed by atoms with Crippen LogP contribution in [0.4, 0.5) is 0 Å². The van der Waals surface area contributed by atoms with Crippen LogP contribution in [0.1, 0.15) is 33.1 Å². The monoisotopic (exact) mass is 319 g/mol. The first-order valence-electron chi connectivity index (χ1n) is 8.20. The third-order valence-corrected chi connectivity index (χ3v) is 4.50. The summed E-state index contributed by atoms with van der Waals surface area (Å²) in [6.45, 7) is 4.66. The molecule has 1 aliphatic heterocycles. The molecule has 1 heterocycles. The number of rotatable bonds is 6. The Morgan fingerprint density at radius 2 is 2.00 bits per heavy atom. The molecule has 0 spiro atoms. The molecule has 0 radical (unpaired) electrons. The Balaban J connectivity index is 1.84. The fraction of sp³-hybridized carbons (Fsp3) is 0.556. The number of hydrogen-bond acceptors (Lipinski definition) is 3. The zero-order valence-corrected chi connectivity index (χ0v) is 13.8. The molecule has 1 amide bonds. The Morgan fingerprint density at radius 3 is 2.65 bits per heavy atom. The molecule has 23 heavy (non-hydrogen) atoms. The predicted octanol–water partition coefficient (Wildman–Crippen LogP) is 2.80. The summed E-state index contributed by atoms with van der Waals surface area (Å²) in [7, 11) is 0. The molecule has 5 nitrogen and oxygen atoms in total. The van der Waals surface area contributed by atoms with Gasteiger partial charge in [-0.15, -0.1) is 0 Å². The summed E-state index contributed by atoms with van der Waals surface area (Å²) in [6, 6.07) is 9.62. The molecule has 5 heteroatoms. The summed E-state index contributed by atoms with van der Waals surface area (Å²) in [4.78, 5) is 25.5. The quantitative estimate of drug-likeness (QED) is 0.875. The number of likely N-dealkylation sites (tertiary alicyclic amines) is 1. The highest BCUT2D eigenvalue weighted by Gasteiger charge is 2.34. The zero-order chi connectivity index (χ0) is 16.8. The number of nitrogens with zero attached hydrogens (tertiary/aromatic N) is 1. The van der Waals surface area contributed by atoms with E-state index in [0.717, 1.165) is 12.2 Å². The molecule has 0 bridgehead atoms. The van der Waals surface area contributed by atoms with Gasteiger partial charge in [0.1, 0.15) is 5.75 Å². The lowest BCUT2D eigenvalue weighted by Gasteiger charge is -2.38. The van der Waals surface area contributed by atoms with Gasteiger partial charge in [0.2, 0.25) is 5.91 Å². The molecule has 0 aromatic heterocycles. The van der Waals surface area contributed by atoms with Crippen molar-refractivity contribution in [3.05, 3.63) is 30.3 Å². The van der Waals surface area contributed by atoms with Gasteiger partial charge in [-0.25, -0.2) is 0 Å². The lowest BCUT2D eigenvalue weighted by Crippen LogP contribution is -2.49. The Morgan fingerprint density at radius 1 is 1.30 bits per heavy atom. The van der Waals surface area contributed by atoms with Gasteiger partial charge in [-0.2, -0.15) is 0 Å². The number of para-hydroxylation sites is 1. The summed E-state index contributed by atoms with van der Waals surface area (Å²) >= 11 is 0. The Bertz CT molecular complexity index is 531. The van der Waals surface area contributed by atoms with Gasteiger partial charge in [-0.05, 0) is 38.3 Å². The van der Waals surface area contributed by atoms with Crippen molar-refractivity contribution in [2.24, 2.45) is 11.8 Å². The van der Waals surface area contributed by atoms with E-state index in [0.29, 0.717) is 26.0 Å². The highest BCUT2D eigenvalue weighted by atomic mass is 16.5. The van der Waals surface area contributed by atoms with Crippen molar-refractivity contribution in [3.8, 4) is 5.75 Å². The predicted molar refractivity (Wildman–Crippen MR) is 87.3 cm³/mol. The molecule has 1 N–H and O–H groups in total. The highest BCUT2D eigenvalue weighted by molar-refractivity contribution is 5.80. The van der Waals surface area contributed by atoms with Crippen LogP contribution in [-0.2, 0) is 9.59 Å². The van der Waals surface area contributed by atoms with Crippen LogP contribution in [0.3, 0.4) is 0 Å². The van der Waals surface area contributed by atoms with Gasteiger partial charge >= 0.3 is 5.97 Å². The number of carboxylic acids is 1. The largest absolute Gasteiger partial charge is 0.494 e. The van der Waals surface area contributed by atoms with Gasteiger partial charge in [-0.3, -0.25) is 9.59 Å². The Hall–Kier alpha value is -2.04. The first-order valence-corrected chi connectivity index (χ1v) is 8.20. The number of carbonyl (C=O) groups is 2. The van der Waals surface area contributed by atoms with Crippen molar-refractivity contribution in [1.82, 2.24) is 4.90 Å². The number of piperidine rings is 1. The minimum atomic E-state index is -0.810. The fourth-order valence-electron chi connectivity index (χ4n) is 2.89. The number of carboxylic acid groups (broad SMARTS) is 1. The van der Waals surface area contributed by atoms with Crippen molar-refractivity contribution in [3.63, 3.8) is 0 Å². The molecule has 126 valence electrons. The lowest BCUT2D eigenvalue weighted by atomic mass is 9.92. The van der Waals surface area contributed by atoms with Crippen LogP contribution in [0.15, 0.2) is 30.3 Å². The number of carbonyl (C=O) groups excluding carboxylic acids is 1. The number of hydrogen-bond donors (Lipinski definition) is 1. The van der Waals surface area contributed by atoms with E-state index in [1.807, 2.05) is 44.2 Å². The SMILES string of the molecule is CC(CCOc1ccccc1)C(=O)N1CC(C(=O)O)CCC1C. The normalized spacial score (nSPS) is 22.4. The van der Waals surface area contributed by atoms with Gasteiger partial charge in [0.05, 0.1) is 12.5 Å². The molecule has 1 fully saturated rings. The molecule has 1 aliphatic rings. The maximum atomic E-state index is 12.6. The fourth-order valence-corrected chi connectivity index (χ4v) is 2.89. The van der Waals surface area contributed by atoms with E-state index in [4.69, 9.17) is 4.74 Å². The van der Waals surface area contributed by atoms with Gasteiger partial charge in [0.15, 0.2) is 0 Å². The first kappa shape index (κ1) is 17.3. The number of benzene rings is 1. The van der Waals surface area contributed by atoms with Gasteiger partial charge in [-0.1, -0.05) is 25.1 Å². The Kier molecular flexibility index (Phi) is 6.02. The second kappa shape index (κ2) is 7.99. The molecular weight excluding hydrogens is 294 g/mol. The van der Waals surface area contributed by atoms with Crippen molar-refractivity contribution in [2.45, 2.75) is 39.2 Å². The molecule has 1 aromatic carbocycles. The van der Waals surface area contributed by atoms with Crippen molar-refractivity contribution in [1.29, 1.82) is 0 Å². The van der Waals surface area contributed by atoms with Crippen LogP contribution in [0, 0.1) is 11.8 Å². The molecule has 3 unspecified atom stereocenters. The average molecular weight is 319 g/mol. The van der Waals surface area contributed by atoms with E-state index in [1.54, 1.807) is 4.90 Å². The first-order chi connectivity index (χ1) is 11.0. The van der Waals surface area contributed by atoms with Gasteiger partial charge in [0, 0.05) is 18.5 Å². The molecule has 1 aromatic rings. The standard InChI is InChI=1S/C18H25NO4/c1-13(10-11-23-16-6-4-3-5-7-16)17(20)19-12-15(18(21)22)9-8-14(19)2/h3-7,13-15H,8-12H2,1-2H3,(H,21,22). The summed E-state index contributed by atoms with van der Waals surface area (Å²) in [5.74, 6) is -0.601. The minimum absolute atomic E-state index is 0.0279. The van der Waals surface area contributed by atoms with Crippen LogP contribution >= 0.6 is 0 Å². The van der Waals surface area contributed by atoms with Crippen molar-refractivity contribution < 1.29 is 19.4 Å². The third kappa shape index (κ3) is 4.71. The third-order valence-electron chi connectivity index (χ3n) is 4.50. The molecular formula is C18H25NO4. The maximum absolute atomic E-state index is 12.6. The summed E-state index contributed by atoms with van der Waals surface area (Å²) < 4.78 is 5.64. The highest BCUT2D eigenvalue weighted by Crippen LogP contribution is 2.24. The topological polar surface area (TPSA) is 66.8 Å². The van der Waals surface area contributed by atoms with Gasteiger partial charge < -0.3 is 14.7 Å². The molecule has 2 rings (SSSR count). The lowest BCUT2D eigenvalue weighted by molar-refractivity contribution is -0.148. The molecule has 0 saturated carbocycles. The van der Waals surface area contributed by atoms with Crippen LogP contribution in [-0.4, -0.2) is 41.1 Å². The smallest absolute Gasteiger partial charge is 0.308 e. The summed E-state index contributed by atoms with van der Waals surface area (Å²) in [6.07, 6.45) is 2.01. The van der Waals surface area contributed by atoms with Crippen LogP contribution in [0.25, 0.3) is 0 Å². The van der Waals surface area contributed by atoms with E-state index < -0.39 is 11.9 Å². The van der Waals surface area contributed by atoms with Crippen LogP contribution < -0.4 is 4.74 Å². The number of ether oxygens (including phenoxy) is 1. The van der Waals surface area contributed by atoms with E-state index in [2.05, 4.69) is 0 Å². The maximum Gasteiger partial charge on any atom is 0.308 e. The van der Waals surface area contributed by atoms with Crippen molar-refractivity contribution in [2.75, 3.05) is 13.2 Å². The zero-order valence-electron chi connectivity index (χ0n) is 13.8. The number of aliphatic carboxylic acids is 1.